The first-order chi connectivity index (χ1) is 6.37. The predicted octanol–water partition coefficient (Wildman–Crippen LogP) is 2.28. The van der Waals surface area contributed by atoms with Crippen molar-refractivity contribution in [3.05, 3.63) is 55.7 Å². The molecule has 0 radical (unpaired) electrons. The Hall–Kier alpha value is -1.57. The maximum atomic E-state index is 4.05. The highest BCUT2D eigenvalue weighted by molar-refractivity contribution is 5.25. The molecule has 0 aromatic carbocycles. The average Bonchev–Trinajstić information content (AvgIpc) is 2.72. The highest BCUT2D eigenvalue weighted by atomic mass is 15.1. The van der Waals surface area contributed by atoms with Crippen LogP contribution in [-0.4, -0.2) is 9.55 Å². The Morgan fingerprint density at radius 1 is 1.46 bits per heavy atom. The van der Waals surface area contributed by atoms with Gasteiger partial charge in [0.2, 0.25) is 0 Å². The lowest BCUT2D eigenvalue weighted by Crippen LogP contribution is -2.28. The van der Waals surface area contributed by atoms with E-state index in [2.05, 4.69) is 34.4 Å². The van der Waals surface area contributed by atoms with E-state index in [0.717, 1.165) is 6.42 Å². The van der Waals surface area contributed by atoms with Crippen LogP contribution in [0.2, 0.25) is 0 Å². The third kappa shape index (κ3) is 1.24. The zero-order valence-electron chi connectivity index (χ0n) is 7.43. The van der Waals surface area contributed by atoms with Gasteiger partial charge in [0.05, 0.1) is 11.9 Å². The van der Waals surface area contributed by atoms with Crippen molar-refractivity contribution in [1.82, 2.24) is 9.55 Å². The smallest absolute Gasteiger partial charge is 0.0956 e. The van der Waals surface area contributed by atoms with E-state index in [1.165, 1.54) is 0 Å². The molecule has 1 aliphatic rings. The topological polar surface area (TPSA) is 17.8 Å². The molecule has 66 valence electrons. The summed E-state index contributed by atoms with van der Waals surface area (Å²) in [7, 11) is 0. The van der Waals surface area contributed by atoms with Crippen molar-refractivity contribution >= 4 is 0 Å². The minimum absolute atomic E-state index is 0.106. The number of allylic oxidation sites excluding steroid dienone is 5. The Morgan fingerprint density at radius 2 is 2.38 bits per heavy atom. The summed E-state index contributed by atoms with van der Waals surface area (Å²) < 4.78 is 2.07. The van der Waals surface area contributed by atoms with Crippen LogP contribution in [0, 0.1) is 0 Å². The number of nitrogens with zero attached hydrogens (tertiary/aromatic N) is 2. The molecule has 1 atom stereocenters. The number of hydrogen-bond acceptors (Lipinski definition) is 1. The number of hydrogen-bond donors (Lipinski definition) is 0. The fourth-order valence-electron chi connectivity index (χ4n) is 1.58. The maximum absolute atomic E-state index is 4.05. The first-order valence-electron chi connectivity index (χ1n) is 4.34. The number of rotatable bonds is 2. The average molecular weight is 172 g/mol. The van der Waals surface area contributed by atoms with E-state index in [0.29, 0.717) is 0 Å². The molecule has 0 spiro atoms. The summed E-state index contributed by atoms with van der Waals surface area (Å²) >= 11 is 0. The third-order valence-electron chi connectivity index (χ3n) is 2.42. The molecule has 0 amide bonds. The molecule has 1 heterocycles. The Balaban J connectivity index is 2.42. The largest absolute Gasteiger partial charge is 0.324 e. The predicted molar refractivity (Wildman–Crippen MR) is 53.3 cm³/mol. The molecule has 1 unspecified atom stereocenters. The lowest BCUT2D eigenvalue weighted by atomic mass is 9.91. The standard InChI is InChI=1S/C11H12N2/c1-2-11(6-4-3-5-7-11)13-9-8-12-10-13/h2-6,8-10H,1,7H2. The van der Waals surface area contributed by atoms with Gasteiger partial charge in [0.25, 0.3) is 0 Å². The highest BCUT2D eigenvalue weighted by Crippen LogP contribution is 2.27. The van der Waals surface area contributed by atoms with Crippen molar-refractivity contribution in [2.75, 3.05) is 0 Å². The van der Waals surface area contributed by atoms with E-state index in [1.54, 1.807) is 6.20 Å². The molecule has 0 N–H and O–H groups in total. The second kappa shape index (κ2) is 3.05. The van der Waals surface area contributed by atoms with Crippen molar-refractivity contribution in [2.24, 2.45) is 0 Å². The molecule has 1 aromatic rings. The first kappa shape index (κ1) is 8.05. The van der Waals surface area contributed by atoms with Gasteiger partial charge in [-0.05, 0) is 6.42 Å². The van der Waals surface area contributed by atoms with Crippen LogP contribution >= 0.6 is 0 Å². The van der Waals surface area contributed by atoms with E-state index >= 15 is 0 Å². The molecule has 0 bridgehead atoms. The van der Waals surface area contributed by atoms with Crippen LogP contribution in [-0.2, 0) is 5.54 Å². The zero-order valence-corrected chi connectivity index (χ0v) is 7.43. The van der Waals surface area contributed by atoms with Gasteiger partial charge in [-0.15, -0.1) is 6.58 Å². The van der Waals surface area contributed by atoms with Crippen LogP contribution in [0.3, 0.4) is 0 Å². The molecule has 1 aliphatic carbocycles. The minimum Gasteiger partial charge on any atom is -0.324 e. The summed E-state index contributed by atoms with van der Waals surface area (Å²) in [4.78, 5) is 4.05. The third-order valence-corrected chi connectivity index (χ3v) is 2.42. The van der Waals surface area contributed by atoms with Crippen LogP contribution in [0.1, 0.15) is 6.42 Å². The van der Waals surface area contributed by atoms with Crippen LogP contribution in [0.5, 0.6) is 0 Å². The molecule has 0 saturated heterocycles. The maximum Gasteiger partial charge on any atom is 0.0956 e. The molecule has 2 rings (SSSR count). The van der Waals surface area contributed by atoms with Gasteiger partial charge in [-0.3, -0.25) is 0 Å². The summed E-state index contributed by atoms with van der Waals surface area (Å²) in [5, 5.41) is 0. The van der Waals surface area contributed by atoms with E-state index < -0.39 is 0 Å². The van der Waals surface area contributed by atoms with Crippen LogP contribution < -0.4 is 0 Å². The molecule has 0 aliphatic heterocycles. The van der Waals surface area contributed by atoms with Gasteiger partial charge in [-0.2, -0.15) is 0 Å². The molecule has 2 heteroatoms. The van der Waals surface area contributed by atoms with Gasteiger partial charge < -0.3 is 4.57 Å². The van der Waals surface area contributed by atoms with Crippen molar-refractivity contribution in [2.45, 2.75) is 12.0 Å². The van der Waals surface area contributed by atoms with Gasteiger partial charge in [0.1, 0.15) is 0 Å². The fourth-order valence-corrected chi connectivity index (χ4v) is 1.58. The molecule has 13 heavy (non-hydrogen) atoms. The molecule has 0 saturated carbocycles. The van der Waals surface area contributed by atoms with E-state index in [-0.39, 0.29) is 5.54 Å². The van der Waals surface area contributed by atoms with Crippen LogP contribution in [0.4, 0.5) is 0 Å². The summed E-state index contributed by atoms with van der Waals surface area (Å²) in [6.45, 7) is 3.88. The lowest BCUT2D eigenvalue weighted by molar-refractivity contribution is 0.468. The number of aromatic nitrogens is 2. The summed E-state index contributed by atoms with van der Waals surface area (Å²) in [5.41, 5.74) is -0.106. The van der Waals surface area contributed by atoms with Gasteiger partial charge in [-0.1, -0.05) is 30.4 Å². The fraction of sp³-hybridized carbons (Fsp3) is 0.182. The highest BCUT2D eigenvalue weighted by Gasteiger charge is 2.24. The Morgan fingerprint density at radius 3 is 2.92 bits per heavy atom. The Labute approximate surface area is 77.9 Å². The van der Waals surface area contributed by atoms with E-state index in [9.17, 15) is 0 Å². The summed E-state index contributed by atoms with van der Waals surface area (Å²) in [6, 6.07) is 0. The van der Waals surface area contributed by atoms with Crippen molar-refractivity contribution in [3.8, 4) is 0 Å². The van der Waals surface area contributed by atoms with Crippen LogP contribution in [0.25, 0.3) is 0 Å². The second-order valence-corrected chi connectivity index (χ2v) is 3.16. The number of imidazole rings is 1. The molecule has 2 nitrogen and oxygen atoms in total. The summed E-state index contributed by atoms with van der Waals surface area (Å²) in [5.74, 6) is 0. The van der Waals surface area contributed by atoms with Crippen molar-refractivity contribution in [3.63, 3.8) is 0 Å². The first-order valence-corrected chi connectivity index (χ1v) is 4.34. The van der Waals surface area contributed by atoms with Crippen molar-refractivity contribution in [1.29, 1.82) is 0 Å². The van der Waals surface area contributed by atoms with Gasteiger partial charge in [0, 0.05) is 12.4 Å². The van der Waals surface area contributed by atoms with E-state index in [4.69, 9.17) is 0 Å². The minimum atomic E-state index is -0.106. The van der Waals surface area contributed by atoms with Gasteiger partial charge in [0.15, 0.2) is 0 Å². The lowest BCUT2D eigenvalue weighted by Gasteiger charge is -2.29. The normalized spacial score (nSPS) is 26.2. The Bertz CT molecular complexity index is 346. The summed E-state index contributed by atoms with van der Waals surface area (Å²) in [6.07, 6.45) is 16.9. The van der Waals surface area contributed by atoms with Crippen LogP contribution in [0.15, 0.2) is 55.7 Å². The zero-order chi connectivity index (χ0) is 9.15. The van der Waals surface area contributed by atoms with Gasteiger partial charge in [-0.25, -0.2) is 4.98 Å². The Kier molecular flexibility index (Phi) is 1.89. The monoisotopic (exact) mass is 172 g/mol. The van der Waals surface area contributed by atoms with Crippen molar-refractivity contribution < 1.29 is 0 Å². The molecular formula is C11H12N2. The quantitative estimate of drug-likeness (QED) is 0.626. The van der Waals surface area contributed by atoms with Gasteiger partial charge >= 0.3 is 0 Å². The second-order valence-electron chi connectivity index (χ2n) is 3.16. The molecule has 0 fully saturated rings. The SMILES string of the molecule is C=CC1(n2ccnc2)C=CC=CC1. The molecule has 1 aromatic heterocycles. The van der Waals surface area contributed by atoms with E-state index in [1.807, 2.05) is 24.7 Å². The molecular weight excluding hydrogens is 160 g/mol.